The maximum Gasteiger partial charge on any atom is 0.0957 e. The predicted octanol–water partition coefficient (Wildman–Crippen LogP) is 2.00. The number of pyridine rings is 1. The van der Waals surface area contributed by atoms with E-state index >= 15 is 0 Å². The van der Waals surface area contributed by atoms with E-state index in [2.05, 4.69) is 16.8 Å². The Hall–Kier alpha value is -1.13. The molecule has 0 aromatic carbocycles. The highest BCUT2D eigenvalue weighted by atomic mass is 16.5. The van der Waals surface area contributed by atoms with E-state index in [0.717, 1.165) is 24.5 Å². The summed E-state index contributed by atoms with van der Waals surface area (Å²) < 4.78 is 5.07. The van der Waals surface area contributed by atoms with Gasteiger partial charge in [0.05, 0.1) is 30.3 Å². The van der Waals surface area contributed by atoms with Crippen molar-refractivity contribution in [2.24, 2.45) is 0 Å². The van der Waals surface area contributed by atoms with Gasteiger partial charge in [0, 0.05) is 20.2 Å². The number of ether oxygens (including phenoxy) is 1. The number of nitrogens with zero attached hydrogens (tertiary/aromatic N) is 2. The van der Waals surface area contributed by atoms with Crippen molar-refractivity contribution < 1.29 is 9.84 Å². The Kier molecular flexibility index (Phi) is 5.94. The van der Waals surface area contributed by atoms with Gasteiger partial charge in [0.25, 0.3) is 0 Å². The average molecular weight is 238 g/mol. The van der Waals surface area contributed by atoms with Crippen LogP contribution in [0.4, 0.5) is 5.69 Å². The first-order valence-electron chi connectivity index (χ1n) is 6.10. The molecule has 0 aliphatic rings. The van der Waals surface area contributed by atoms with E-state index in [1.54, 1.807) is 7.11 Å². The zero-order valence-electron chi connectivity index (χ0n) is 10.9. The lowest BCUT2D eigenvalue weighted by molar-refractivity contribution is 0.169. The molecule has 0 unspecified atom stereocenters. The maximum atomic E-state index is 9.66. The van der Waals surface area contributed by atoms with Crippen molar-refractivity contribution in [3.8, 4) is 0 Å². The van der Waals surface area contributed by atoms with E-state index in [-0.39, 0.29) is 0 Å². The molecule has 0 saturated heterocycles. The molecular weight excluding hydrogens is 216 g/mol. The lowest BCUT2D eigenvalue weighted by atomic mass is 10.2. The number of aliphatic hydroxyl groups is 1. The van der Waals surface area contributed by atoms with E-state index in [1.165, 1.54) is 0 Å². The number of likely N-dealkylation sites (N-methyl/N-ethyl adjacent to an activating group) is 1. The summed E-state index contributed by atoms with van der Waals surface area (Å²) in [5.41, 5.74) is 1.80. The van der Waals surface area contributed by atoms with Crippen LogP contribution in [0.25, 0.3) is 0 Å². The first-order valence-corrected chi connectivity index (χ1v) is 6.10. The van der Waals surface area contributed by atoms with Crippen LogP contribution in [0.5, 0.6) is 0 Å². The lowest BCUT2D eigenvalue weighted by Crippen LogP contribution is -2.26. The van der Waals surface area contributed by atoms with Gasteiger partial charge in [-0.25, -0.2) is 0 Å². The van der Waals surface area contributed by atoms with Crippen LogP contribution in [0, 0.1) is 0 Å². The molecule has 4 nitrogen and oxygen atoms in total. The van der Waals surface area contributed by atoms with Crippen LogP contribution >= 0.6 is 0 Å². The lowest BCUT2D eigenvalue weighted by Gasteiger charge is -2.22. The Labute approximate surface area is 103 Å². The molecule has 4 heteroatoms. The highest BCUT2D eigenvalue weighted by Crippen LogP contribution is 2.18. The fraction of sp³-hybridized carbons (Fsp3) is 0.615. The monoisotopic (exact) mass is 238 g/mol. The first-order chi connectivity index (χ1) is 8.22. The van der Waals surface area contributed by atoms with Crippen LogP contribution < -0.4 is 4.90 Å². The molecule has 96 valence electrons. The van der Waals surface area contributed by atoms with Gasteiger partial charge in [-0.15, -0.1) is 0 Å². The fourth-order valence-corrected chi connectivity index (χ4v) is 1.66. The van der Waals surface area contributed by atoms with Gasteiger partial charge in [-0.05, 0) is 25.5 Å². The Morgan fingerprint density at radius 3 is 2.65 bits per heavy atom. The highest BCUT2D eigenvalue weighted by molar-refractivity contribution is 5.44. The average Bonchev–Trinajstić information content (AvgIpc) is 2.39. The quantitative estimate of drug-likeness (QED) is 0.789. The van der Waals surface area contributed by atoms with Crippen LogP contribution in [0.3, 0.4) is 0 Å². The molecular formula is C13H22N2O2. The zero-order chi connectivity index (χ0) is 12.7. The standard InChI is InChI=1S/C13H22N2O2/c1-4-13(16)12-7-6-11(10-14-12)15(5-2)8-9-17-3/h6-7,10,13,16H,4-5,8-9H2,1-3H3/t13-/m1/s1. The normalized spacial score (nSPS) is 12.5. The molecule has 1 aromatic rings. The first kappa shape index (κ1) is 13.9. The number of hydrogen-bond acceptors (Lipinski definition) is 4. The van der Waals surface area contributed by atoms with Gasteiger partial charge in [-0.1, -0.05) is 6.92 Å². The molecule has 0 aliphatic carbocycles. The van der Waals surface area contributed by atoms with Crippen molar-refractivity contribution in [1.82, 2.24) is 4.98 Å². The number of aromatic nitrogens is 1. The molecule has 0 saturated carbocycles. The minimum atomic E-state index is -0.460. The topological polar surface area (TPSA) is 45.6 Å². The summed E-state index contributed by atoms with van der Waals surface area (Å²) in [4.78, 5) is 6.49. The van der Waals surface area contributed by atoms with Crippen molar-refractivity contribution >= 4 is 5.69 Å². The fourth-order valence-electron chi connectivity index (χ4n) is 1.66. The van der Waals surface area contributed by atoms with Crippen molar-refractivity contribution in [2.45, 2.75) is 26.4 Å². The molecule has 1 rings (SSSR count). The van der Waals surface area contributed by atoms with Crippen LogP contribution in [-0.2, 0) is 4.74 Å². The van der Waals surface area contributed by atoms with Gasteiger partial charge in [0.1, 0.15) is 0 Å². The minimum absolute atomic E-state index is 0.460. The SMILES string of the molecule is CC[C@@H](O)c1ccc(N(CC)CCOC)cn1. The Morgan fingerprint density at radius 1 is 1.41 bits per heavy atom. The van der Waals surface area contributed by atoms with E-state index < -0.39 is 6.10 Å². The molecule has 1 atom stereocenters. The molecule has 0 spiro atoms. The van der Waals surface area contributed by atoms with Gasteiger partial charge >= 0.3 is 0 Å². The third-order valence-electron chi connectivity index (χ3n) is 2.81. The van der Waals surface area contributed by atoms with E-state index in [9.17, 15) is 5.11 Å². The van der Waals surface area contributed by atoms with Crippen molar-refractivity contribution in [3.05, 3.63) is 24.0 Å². The van der Waals surface area contributed by atoms with Crippen LogP contribution in [0.1, 0.15) is 32.1 Å². The number of aliphatic hydroxyl groups excluding tert-OH is 1. The van der Waals surface area contributed by atoms with Gasteiger partial charge in [0.15, 0.2) is 0 Å². The molecule has 1 aromatic heterocycles. The molecule has 0 radical (unpaired) electrons. The van der Waals surface area contributed by atoms with Crippen molar-refractivity contribution in [1.29, 1.82) is 0 Å². The Morgan fingerprint density at radius 2 is 2.18 bits per heavy atom. The number of methoxy groups -OCH3 is 1. The summed E-state index contributed by atoms with van der Waals surface area (Å²) in [6, 6.07) is 3.89. The second-order valence-corrected chi connectivity index (χ2v) is 3.94. The van der Waals surface area contributed by atoms with E-state index in [0.29, 0.717) is 13.0 Å². The molecule has 0 bridgehead atoms. The summed E-state index contributed by atoms with van der Waals surface area (Å²) in [7, 11) is 1.70. The maximum absolute atomic E-state index is 9.66. The van der Waals surface area contributed by atoms with Gasteiger partial charge in [0.2, 0.25) is 0 Å². The molecule has 0 aliphatic heterocycles. The number of rotatable bonds is 7. The van der Waals surface area contributed by atoms with Crippen molar-refractivity contribution in [2.75, 3.05) is 31.7 Å². The van der Waals surface area contributed by atoms with E-state index in [1.807, 2.05) is 25.3 Å². The summed E-state index contributed by atoms with van der Waals surface area (Å²) in [6.45, 7) is 6.51. The summed E-state index contributed by atoms with van der Waals surface area (Å²) in [5.74, 6) is 0. The van der Waals surface area contributed by atoms with E-state index in [4.69, 9.17) is 4.74 Å². The molecule has 1 N–H and O–H groups in total. The molecule has 17 heavy (non-hydrogen) atoms. The summed E-state index contributed by atoms with van der Waals surface area (Å²) in [5, 5.41) is 9.66. The van der Waals surface area contributed by atoms with Crippen LogP contribution in [0.15, 0.2) is 18.3 Å². The summed E-state index contributed by atoms with van der Waals surface area (Å²) in [6.07, 6.45) is 2.04. The minimum Gasteiger partial charge on any atom is -0.387 e. The number of anilines is 1. The molecule has 1 heterocycles. The third kappa shape index (κ3) is 3.98. The molecule has 0 amide bonds. The molecule has 0 fully saturated rings. The Bertz CT molecular complexity index is 314. The van der Waals surface area contributed by atoms with Crippen molar-refractivity contribution in [3.63, 3.8) is 0 Å². The largest absolute Gasteiger partial charge is 0.387 e. The second kappa shape index (κ2) is 7.25. The van der Waals surface area contributed by atoms with Gasteiger partial charge in [-0.2, -0.15) is 0 Å². The number of hydrogen-bond donors (Lipinski definition) is 1. The highest BCUT2D eigenvalue weighted by Gasteiger charge is 2.08. The van der Waals surface area contributed by atoms with Crippen LogP contribution in [-0.4, -0.2) is 36.9 Å². The second-order valence-electron chi connectivity index (χ2n) is 3.94. The Balaban J connectivity index is 2.70. The van der Waals surface area contributed by atoms with Crippen LogP contribution in [0.2, 0.25) is 0 Å². The van der Waals surface area contributed by atoms with Gasteiger partial charge < -0.3 is 14.7 Å². The summed E-state index contributed by atoms with van der Waals surface area (Å²) >= 11 is 0. The third-order valence-corrected chi connectivity index (χ3v) is 2.81. The zero-order valence-corrected chi connectivity index (χ0v) is 10.9. The van der Waals surface area contributed by atoms with Gasteiger partial charge in [-0.3, -0.25) is 4.98 Å². The predicted molar refractivity (Wildman–Crippen MR) is 69.3 cm³/mol. The smallest absolute Gasteiger partial charge is 0.0957 e.